The van der Waals surface area contributed by atoms with Crippen LogP contribution in [0.5, 0.6) is 0 Å². The van der Waals surface area contributed by atoms with Gasteiger partial charge in [0.1, 0.15) is 0 Å². The summed E-state index contributed by atoms with van der Waals surface area (Å²) in [4.78, 5) is 20.9. The lowest BCUT2D eigenvalue weighted by molar-refractivity contribution is -0.610. The molecule has 8 heteroatoms. The van der Waals surface area contributed by atoms with Crippen LogP contribution in [0.15, 0.2) is 0 Å². The van der Waals surface area contributed by atoms with E-state index in [2.05, 4.69) is 0 Å². The zero-order valence-electron chi connectivity index (χ0n) is 7.50. The van der Waals surface area contributed by atoms with Crippen molar-refractivity contribution in [3.05, 3.63) is 20.2 Å². The average molecular weight is 205 g/mol. The molecular formula is C6H11N3O5. The third-order valence-corrected chi connectivity index (χ3v) is 2.02. The van der Waals surface area contributed by atoms with E-state index in [0.717, 1.165) is 0 Å². The predicted octanol–water partition coefficient (Wildman–Crippen LogP) is -0.802. The maximum absolute atomic E-state index is 10.6. The van der Waals surface area contributed by atoms with Crippen molar-refractivity contribution in [3.8, 4) is 0 Å². The van der Waals surface area contributed by atoms with Gasteiger partial charge in [0.05, 0.1) is 13.2 Å². The highest BCUT2D eigenvalue weighted by Gasteiger charge is 2.34. The Labute approximate surface area is 79.7 Å². The van der Waals surface area contributed by atoms with Gasteiger partial charge < -0.3 is 4.74 Å². The standard InChI is InChI=1S/C6H11N3O5/c10-8(11)5-6(9(12)13)7-1-3-14-4-2-7/h6H,1-5H2. The highest BCUT2D eigenvalue weighted by molar-refractivity contribution is 4.65. The molecule has 0 N–H and O–H groups in total. The smallest absolute Gasteiger partial charge is 0.332 e. The predicted molar refractivity (Wildman–Crippen MR) is 45.0 cm³/mol. The Morgan fingerprint density at radius 3 is 2.29 bits per heavy atom. The van der Waals surface area contributed by atoms with E-state index in [0.29, 0.717) is 26.3 Å². The van der Waals surface area contributed by atoms with Gasteiger partial charge in [-0.1, -0.05) is 0 Å². The monoisotopic (exact) mass is 205 g/mol. The Hall–Kier alpha value is -1.28. The van der Waals surface area contributed by atoms with E-state index >= 15 is 0 Å². The quantitative estimate of drug-likeness (QED) is 0.440. The fourth-order valence-electron chi connectivity index (χ4n) is 1.32. The second-order valence-electron chi connectivity index (χ2n) is 2.93. The molecule has 1 aliphatic heterocycles. The molecule has 80 valence electrons. The van der Waals surface area contributed by atoms with E-state index < -0.39 is 22.6 Å². The molecular weight excluding hydrogens is 194 g/mol. The van der Waals surface area contributed by atoms with Gasteiger partial charge in [0.2, 0.25) is 0 Å². The van der Waals surface area contributed by atoms with Gasteiger partial charge in [-0.2, -0.15) is 0 Å². The summed E-state index contributed by atoms with van der Waals surface area (Å²) < 4.78 is 5.00. The minimum atomic E-state index is -1.23. The number of nitrogens with zero attached hydrogens (tertiary/aromatic N) is 3. The highest BCUT2D eigenvalue weighted by Crippen LogP contribution is 2.04. The summed E-state index contributed by atoms with van der Waals surface area (Å²) in [6, 6.07) is 0. The average Bonchev–Trinajstić information content (AvgIpc) is 2.15. The Balaban J connectivity index is 2.56. The zero-order chi connectivity index (χ0) is 10.6. The molecule has 0 radical (unpaired) electrons. The highest BCUT2D eigenvalue weighted by atomic mass is 16.6. The molecule has 8 nitrogen and oxygen atoms in total. The number of nitro groups is 2. The summed E-state index contributed by atoms with van der Waals surface area (Å²) in [5, 5.41) is 20.8. The normalized spacial score (nSPS) is 20.3. The van der Waals surface area contributed by atoms with Gasteiger partial charge >= 0.3 is 6.17 Å². The van der Waals surface area contributed by atoms with Crippen molar-refractivity contribution in [1.29, 1.82) is 0 Å². The van der Waals surface area contributed by atoms with Gasteiger partial charge in [-0.15, -0.1) is 0 Å². The van der Waals surface area contributed by atoms with Gasteiger partial charge in [-0.3, -0.25) is 20.2 Å². The van der Waals surface area contributed by atoms with E-state index in [1.54, 1.807) is 0 Å². The number of ether oxygens (including phenoxy) is 1. The summed E-state index contributed by atoms with van der Waals surface area (Å²) in [7, 11) is 0. The summed E-state index contributed by atoms with van der Waals surface area (Å²) in [6.45, 7) is 0.871. The lowest BCUT2D eigenvalue weighted by Gasteiger charge is -2.26. The molecule has 14 heavy (non-hydrogen) atoms. The third kappa shape index (κ3) is 2.89. The lowest BCUT2D eigenvalue weighted by Crippen LogP contribution is -2.50. The third-order valence-electron chi connectivity index (χ3n) is 2.02. The maximum atomic E-state index is 10.6. The molecule has 1 fully saturated rings. The molecule has 1 saturated heterocycles. The molecule has 1 heterocycles. The van der Waals surface area contributed by atoms with E-state index in [4.69, 9.17) is 4.74 Å². The molecule has 1 aliphatic rings. The molecule has 0 aromatic rings. The summed E-state index contributed by atoms with van der Waals surface area (Å²) in [5.41, 5.74) is 0. The first-order valence-electron chi connectivity index (χ1n) is 4.18. The summed E-state index contributed by atoms with van der Waals surface area (Å²) in [6.07, 6.45) is -1.23. The summed E-state index contributed by atoms with van der Waals surface area (Å²) in [5.74, 6) is 0. The van der Waals surface area contributed by atoms with Crippen LogP contribution in [0.2, 0.25) is 0 Å². The van der Waals surface area contributed by atoms with Crippen LogP contribution in [0.4, 0.5) is 0 Å². The summed E-state index contributed by atoms with van der Waals surface area (Å²) >= 11 is 0. The van der Waals surface area contributed by atoms with Crippen LogP contribution < -0.4 is 0 Å². The molecule has 0 bridgehead atoms. The van der Waals surface area contributed by atoms with E-state index in [9.17, 15) is 20.2 Å². The van der Waals surface area contributed by atoms with E-state index in [1.807, 2.05) is 0 Å². The largest absolute Gasteiger partial charge is 0.379 e. The van der Waals surface area contributed by atoms with Crippen molar-refractivity contribution in [2.45, 2.75) is 6.17 Å². The van der Waals surface area contributed by atoms with Crippen LogP contribution in [-0.4, -0.2) is 53.8 Å². The van der Waals surface area contributed by atoms with Gasteiger partial charge in [-0.25, -0.2) is 4.90 Å². The van der Waals surface area contributed by atoms with Gasteiger partial charge in [0.25, 0.3) is 6.54 Å². The van der Waals surface area contributed by atoms with Crippen molar-refractivity contribution in [2.24, 2.45) is 0 Å². The Kier molecular flexibility index (Phi) is 3.72. The van der Waals surface area contributed by atoms with Gasteiger partial charge in [0, 0.05) is 22.9 Å². The van der Waals surface area contributed by atoms with Crippen LogP contribution in [0.3, 0.4) is 0 Å². The first-order chi connectivity index (χ1) is 6.61. The fourth-order valence-corrected chi connectivity index (χ4v) is 1.32. The first-order valence-corrected chi connectivity index (χ1v) is 4.18. The Bertz CT molecular complexity index is 228. The van der Waals surface area contributed by atoms with E-state index in [1.165, 1.54) is 4.90 Å². The maximum Gasteiger partial charge on any atom is 0.332 e. The number of hydrogen-bond donors (Lipinski definition) is 0. The first kappa shape index (κ1) is 10.8. The molecule has 0 aromatic heterocycles. The molecule has 0 amide bonds. The topological polar surface area (TPSA) is 98.8 Å². The molecule has 0 saturated carbocycles. The molecule has 0 aromatic carbocycles. The van der Waals surface area contributed by atoms with Crippen LogP contribution in [0, 0.1) is 20.2 Å². The second kappa shape index (κ2) is 4.82. The van der Waals surface area contributed by atoms with Crippen molar-refractivity contribution in [3.63, 3.8) is 0 Å². The van der Waals surface area contributed by atoms with Gasteiger partial charge in [0.15, 0.2) is 0 Å². The van der Waals surface area contributed by atoms with Crippen molar-refractivity contribution >= 4 is 0 Å². The molecule has 0 spiro atoms. The lowest BCUT2D eigenvalue weighted by atomic mass is 10.3. The number of morpholine rings is 1. The van der Waals surface area contributed by atoms with Crippen LogP contribution in [-0.2, 0) is 4.74 Å². The second-order valence-corrected chi connectivity index (χ2v) is 2.93. The number of rotatable bonds is 4. The van der Waals surface area contributed by atoms with Crippen LogP contribution >= 0.6 is 0 Å². The minimum absolute atomic E-state index is 0.374. The molecule has 0 aliphatic carbocycles. The zero-order valence-corrected chi connectivity index (χ0v) is 7.50. The molecule has 1 atom stereocenters. The van der Waals surface area contributed by atoms with Gasteiger partial charge in [-0.05, 0) is 0 Å². The number of hydrogen-bond acceptors (Lipinski definition) is 6. The van der Waals surface area contributed by atoms with Crippen LogP contribution in [0.1, 0.15) is 0 Å². The van der Waals surface area contributed by atoms with Crippen molar-refractivity contribution in [1.82, 2.24) is 4.90 Å². The minimum Gasteiger partial charge on any atom is -0.379 e. The van der Waals surface area contributed by atoms with Crippen LogP contribution in [0.25, 0.3) is 0 Å². The van der Waals surface area contributed by atoms with Crippen molar-refractivity contribution < 1.29 is 14.6 Å². The Morgan fingerprint density at radius 2 is 1.86 bits per heavy atom. The molecule has 1 unspecified atom stereocenters. The molecule has 1 rings (SSSR count). The van der Waals surface area contributed by atoms with E-state index in [-0.39, 0.29) is 0 Å². The Morgan fingerprint density at radius 1 is 1.29 bits per heavy atom. The SMILES string of the molecule is O=[N+]([O-])CC(N1CCOCC1)[N+](=O)[O-]. The fraction of sp³-hybridized carbons (Fsp3) is 1.00. The van der Waals surface area contributed by atoms with Crippen molar-refractivity contribution in [2.75, 3.05) is 32.8 Å².